The molecule has 1 aromatic carbocycles. The van der Waals surface area contributed by atoms with Gasteiger partial charge in [0.25, 0.3) is 5.91 Å². The Labute approximate surface area is 154 Å². The second-order valence-electron chi connectivity index (χ2n) is 5.89. The number of carbonyl (C=O) groups is 1. The van der Waals surface area contributed by atoms with Crippen LogP contribution in [0.15, 0.2) is 69.9 Å². The molecule has 2 N–H and O–H groups in total. The zero-order valence-corrected chi connectivity index (χ0v) is 14.4. The lowest BCUT2D eigenvalue weighted by Gasteiger charge is -2.17. The number of rotatable bonds is 9. The number of nitrogens with one attached hydrogen (secondary N) is 2. The lowest BCUT2D eigenvalue weighted by atomic mass is 10.3. The maximum atomic E-state index is 12.4. The highest BCUT2D eigenvalue weighted by molar-refractivity contribution is 5.91. The van der Waals surface area contributed by atoms with E-state index in [0.717, 1.165) is 16.4 Å². The second kappa shape index (κ2) is 9.00. The van der Waals surface area contributed by atoms with Gasteiger partial charge in [0.05, 0.1) is 12.5 Å². The molecule has 0 atom stereocenters. The Morgan fingerprint density at radius 2 is 1.59 bits per heavy atom. The maximum Gasteiger partial charge on any atom is 0.387 e. The minimum absolute atomic E-state index is 0.0332. The van der Waals surface area contributed by atoms with Gasteiger partial charge in [0.1, 0.15) is 18.8 Å². The van der Waals surface area contributed by atoms with Gasteiger partial charge in [-0.25, -0.2) is 0 Å². The van der Waals surface area contributed by atoms with Gasteiger partial charge < -0.3 is 23.8 Å². The lowest BCUT2D eigenvalue weighted by molar-refractivity contribution is -0.921. The summed E-state index contributed by atoms with van der Waals surface area (Å²) in [6, 6.07) is 13.0. The van der Waals surface area contributed by atoms with Gasteiger partial charge in [-0.1, -0.05) is 0 Å². The van der Waals surface area contributed by atoms with E-state index < -0.39 is 6.61 Å². The molecule has 0 bridgehead atoms. The molecule has 3 rings (SSSR count). The Hall–Kier alpha value is -3.13. The van der Waals surface area contributed by atoms with Crippen molar-refractivity contribution in [1.29, 1.82) is 0 Å². The largest absolute Gasteiger partial charge is 0.463 e. The summed E-state index contributed by atoms with van der Waals surface area (Å²) in [5.74, 6) is 1.34. The van der Waals surface area contributed by atoms with Crippen LogP contribution in [0.25, 0.3) is 0 Å². The zero-order valence-electron chi connectivity index (χ0n) is 14.4. The van der Waals surface area contributed by atoms with Gasteiger partial charge >= 0.3 is 6.61 Å². The molecule has 3 aromatic rings. The highest BCUT2D eigenvalue weighted by Crippen LogP contribution is 2.17. The Morgan fingerprint density at radius 3 is 2.07 bits per heavy atom. The van der Waals surface area contributed by atoms with Crippen LogP contribution < -0.4 is 15.0 Å². The number of alkyl halides is 2. The van der Waals surface area contributed by atoms with Crippen LogP contribution in [0, 0.1) is 0 Å². The number of hydrogen-bond donors (Lipinski definition) is 2. The predicted molar refractivity (Wildman–Crippen MR) is 92.4 cm³/mol. The number of furan rings is 2. The zero-order chi connectivity index (χ0) is 19.1. The minimum atomic E-state index is -2.88. The standard InChI is InChI=1S/C19H18F2N2O4/c20-19(21)27-15-7-5-14(6-8-15)22-18(24)13-23(11-16-3-1-9-25-16)12-17-4-2-10-26-17/h1-10,19H,11-13H2,(H,22,24)/p+1. The number of hydrogen-bond acceptors (Lipinski definition) is 4. The van der Waals surface area contributed by atoms with E-state index in [1.54, 1.807) is 24.7 Å². The SMILES string of the molecule is O=C(C[NH+](Cc1ccco1)Cc1ccco1)Nc1ccc(OC(F)F)cc1. The van der Waals surface area contributed by atoms with E-state index in [2.05, 4.69) is 10.1 Å². The topological polar surface area (TPSA) is 69.1 Å². The van der Waals surface area contributed by atoms with E-state index in [-0.39, 0.29) is 18.2 Å². The van der Waals surface area contributed by atoms with Crippen molar-refractivity contribution in [3.8, 4) is 5.75 Å². The highest BCUT2D eigenvalue weighted by Gasteiger charge is 2.18. The van der Waals surface area contributed by atoms with Crippen LogP contribution in [-0.2, 0) is 17.9 Å². The molecule has 0 aliphatic carbocycles. The van der Waals surface area contributed by atoms with Gasteiger partial charge in [0.15, 0.2) is 18.1 Å². The van der Waals surface area contributed by atoms with Gasteiger partial charge in [-0.15, -0.1) is 0 Å². The average molecular weight is 377 g/mol. The van der Waals surface area contributed by atoms with E-state index in [1.807, 2.05) is 12.1 Å². The molecule has 0 aliphatic heterocycles. The number of amides is 1. The quantitative estimate of drug-likeness (QED) is 0.602. The molecular weight excluding hydrogens is 358 g/mol. The van der Waals surface area contributed by atoms with E-state index in [9.17, 15) is 13.6 Å². The predicted octanol–water partition coefficient (Wildman–Crippen LogP) is 2.70. The third-order valence-corrected chi connectivity index (χ3v) is 3.78. The molecule has 6 nitrogen and oxygen atoms in total. The Morgan fingerprint density at radius 1 is 1.00 bits per heavy atom. The second-order valence-corrected chi connectivity index (χ2v) is 5.89. The summed E-state index contributed by atoms with van der Waals surface area (Å²) >= 11 is 0. The van der Waals surface area contributed by atoms with Crippen LogP contribution in [0.5, 0.6) is 5.75 Å². The summed E-state index contributed by atoms with van der Waals surface area (Å²) in [6.45, 7) is -1.67. The first-order valence-electron chi connectivity index (χ1n) is 8.31. The normalized spacial score (nSPS) is 11.1. The van der Waals surface area contributed by atoms with Crippen LogP contribution in [0.3, 0.4) is 0 Å². The van der Waals surface area contributed by atoms with Crippen LogP contribution >= 0.6 is 0 Å². The molecule has 0 unspecified atom stereocenters. The van der Waals surface area contributed by atoms with E-state index in [1.165, 1.54) is 24.3 Å². The molecule has 27 heavy (non-hydrogen) atoms. The Kier molecular flexibility index (Phi) is 6.22. The molecule has 0 fully saturated rings. The molecule has 1 amide bonds. The number of carbonyl (C=O) groups excluding carboxylic acids is 1. The molecule has 0 radical (unpaired) electrons. The molecule has 2 heterocycles. The Bertz CT molecular complexity index is 782. The summed E-state index contributed by atoms with van der Waals surface area (Å²) in [5, 5.41) is 2.75. The first-order valence-corrected chi connectivity index (χ1v) is 8.31. The molecule has 0 aliphatic rings. The molecule has 8 heteroatoms. The number of quaternary nitrogens is 1. The van der Waals surface area contributed by atoms with Gasteiger partial charge in [-0.05, 0) is 48.5 Å². The lowest BCUT2D eigenvalue weighted by Crippen LogP contribution is -3.10. The van der Waals surface area contributed by atoms with Crippen molar-refractivity contribution >= 4 is 11.6 Å². The van der Waals surface area contributed by atoms with Crippen LogP contribution in [-0.4, -0.2) is 19.1 Å². The maximum absolute atomic E-state index is 12.4. The summed E-state index contributed by atoms with van der Waals surface area (Å²) in [4.78, 5) is 13.3. The van der Waals surface area contributed by atoms with Crippen molar-refractivity contribution in [3.05, 3.63) is 72.6 Å². The van der Waals surface area contributed by atoms with E-state index >= 15 is 0 Å². The molecule has 0 saturated heterocycles. The number of ether oxygens (including phenoxy) is 1. The molecule has 142 valence electrons. The van der Waals surface area contributed by atoms with Crippen molar-refractivity contribution in [2.75, 3.05) is 11.9 Å². The summed E-state index contributed by atoms with van der Waals surface area (Å²) in [5.41, 5.74) is 0.497. The molecule has 2 aromatic heterocycles. The summed E-state index contributed by atoms with van der Waals surface area (Å²) in [6.07, 6.45) is 3.17. The number of halogens is 2. The number of anilines is 1. The smallest absolute Gasteiger partial charge is 0.387 e. The molecule has 0 spiro atoms. The first-order chi connectivity index (χ1) is 13.1. The van der Waals surface area contributed by atoms with Crippen molar-refractivity contribution < 1.29 is 32.0 Å². The average Bonchev–Trinajstić information content (AvgIpc) is 3.30. The van der Waals surface area contributed by atoms with Gasteiger partial charge in [-0.3, -0.25) is 4.79 Å². The molecule has 0 saturated carbocycles. The van der Waals surface area contributed by atoms with Crippen molar-refractivity contribution in [2.45, 2.75) is 19.7 Å². The fourth-order valence-electron chi connectivity index (χ4n) is 2.66. The summed E-state index contributed by atoms with van der Waals surface area (Å²) in [7, 11) is 0. The van der Waals surface area contributed by atoms with E-state index in [0.29, 0.717) is 18.8 Å². The fourth-order valence-corrected chi connectivity index (χ4v) is 2.66. The van der Waals surface area contributed by atoms with Crippen LogP contribution in [0.1, 0.15) is 11.5 Å². The monoisotopic (exact) mass is 377 g/mol. The van der Waals surface area contributed by atoms with E-state index in [4.69, 9.17) is 8.83 Å². The van der Waals surface area contributed by atoms with Crippen LogP contribution in [0.2, 0.25) is 0 Å². The third-order valence-electron chi connectivity index (χ3n) is 3.78. The van der Waals surface area contributed by atoms with Gasteiger partial charge in [0.2, 0.25) is 0 Å². The van der Waals surface area contributed by atoms with Crippen molar-refractivity contribution in [3.63, 3.8) is 0 Å². The van der Waals surface area contributed by atoms with Crippen molar-refractivity contribution in [1.82, 2.24) is 0 Å². The van der Waals surface area contributed by atoms with Crippen molar-refractivity contribution in [2.24, 2.45) is 0 Å². The molecular formula is C19H19F2N2O4+. The number of benzene rings is 1. The third kappa shape index (κ3) is 5.96. The van der Waals surface area contributed by atoms with Gasteiger partial charge in [0, 0.05) is 5.69 Å². The Balaban J connectivity index is 1.59. The fraction of sp³-hybridized carbons (Fsp3) is 0.211. The minimum Gasteiger partial charge on any atom is -0.463 e. The summed E-state index contributed by atoms with van der Waals surface area (Å²) < 4.78 is 39.4. The highest BCUT2D eigenvalue weighted by atomic mass is 19.3. The van der Waals surface area contributed by atoms with Crippen LogP contribution in [0.4, 0.5) is 14.5 Å². The first kappa shape index (κ1) is 18.7. The van der Waals surface area contributed by atoms with Gasteiger partial charge in [-0.2, -0.15) is 8.78 Å².